The van der Waals surface area contributed by atoms with E-state index in [1.54, 1.807) is 6.07 Å². The van der Waals surface area contributed by atoms with Crippen molar-refractivity contribution in [3.8, 4) is 0 Å². The molecule has 3 N–H and O–H groups in total. The fourth-order valence-corrected chi connectivity index (χ4v) is 3.60. The molecule has 0 spiro atoms. The van der Waals surface area contributed by atoms with Crippen molar-refractivity contribution < 1.29 is 14.7 Å². The Morgan fingerprint density at radius 2 is 1.67 bits per heavy atom. The number of carbonyl (C=O) groups excluding carboxylic acids is 2. The summed E-state index contributed by atoms with van der Waals surface area (Å²) in [5.41, 5.74) is 3.84. The summed E-state index contributed by atoms with van der Waals surface area (Å²) in [7, 11) is 0. The molecular formula is C24H31N3O3. The molecule has 2 aromatic carbocycles. The van der Waals surface area contributed by atoms with Gasteiger partial charge in [-0.25, -0.2) is 0 Å². The van der Waals surface area contributed by atoms with Gasteiger partial charge in [0, 0.05) is 44.7 Å². The Morgan fingerprint density at radius 3 is 2.37 bits per heavy atom. The molecule has 2 aromatic rings. The van der Waals surface area contributed by atoms with E-state index >= 15 is 0 Å². The Balaban J connectivity index is 1.35. The first kappa shape index (κ1) is 22.0. The molecular weight excluding hydrogens is 378 g/mol. The molecule has 0 aliphatic carbocycles. The summed E-state index contributed by atoms with van der Waals surface area (Å²) >= 11 is 0. The van der Waals surface area contributed by atoms with Crippen LogP contribution < -0.4 is 10.6 Å². The number of likely N-dealkylation sites (tertiary alicyclic amines) is 1. The zero-order chi connectivity index (χ0) is 21.3. The van der Waals surface area contributed by atoms with Crippen molar-refractivity contribution in [1.29, 1.82) is 0 Å². The Bertz CT molecular complexity index is 843. The van der Waals surface area contributed by atoms with E-state index in [9.17, 15) is 14.7 Å². The highest BCUT2D eigenvalue weighted by Crippen LogP contribution is 2.14. The van der Waals surface area contributed by atoms with E-state index in [0.29, 0.717) is 18.7 Å². The molecule has 2 amide bonds. The highest BCUT2D eigenvalue weighted by molar-refractivity contribution is 5.95. The van der Waals surface area contributed by atoms with Crippen molar-refractivity contribution in [3.05, 3.63) is 70.8 Å². The van der Waals surface area contributed by atoms with Crippen molar-refractivity contribution in [1.82, 2.24) is 15.5 Å². The second kappa shape index (κ2) is 10.9. The van der Waals surface area contributed by atoms with Crippen LogP contribution in [0.3, 0.4) is 0 Å². The van der Waals surface area contributed by atoms with E-state index in [4.69, 9.17) is 0 Å². The molecule has 0 bridgehead atoms. The van der Waals surface area contributed by atoms with Crippen LogP contribution in [0.1, 0.15) is 46.3 Å². The number of rotatable bonds is 8. The Morgan fingerprint density at radius 1 is 1.00 bits per heavy atom. The maximum absolute atomic E-state index is 12.2. The topological polar surface area (TPSA) is 81.7 Å². The molecule has 1 aliphatic heterocycles. The fourth-order valence-electron chi connectivity index (χ4n) is 3.60. The van der Waals surface area contributed by atoms with Crippen LogP contribution in [0, 0.1) is 6.92 Å². The molecule has 1 heterocycles. The molecule has 3 rings (SSSR count). The maximum atomic E-state index is 12.2. The van der Waals surface area contributed by atoms with Gasteiger partial charge in [-0.3, -0.25) is 14.5 Å². The van der Waals surface area contributed by atoms with Crippen molar-refractivity contribution in [2.24, 2.45) is 0 Å². The van der Waals surface area contributed by atoms with Gasteiger partial charge in [0.25, 0.3) is 5.91 Å². The minimum atomic E-state index is -0.153. The van der Waals surface area contributed by atoms with Gasteiger partial charge in [-0.2, -0.15) is 0 Å². The third kappa shape index (κ3) is 6.68. The lowest BCUT2D eigenvalue weighted by atomic mass is 10.1. The summed E-state index contributed by atoms with van der Waals surface area (Å²) in [4.78, 5) is 26.6. The lowest BCUT2D eigenvalue weighted by molar-refractivity contribution is -0.121. The third-order valence-electron chi connectivity index (χ3n) is 5.50. The van der Waals surface area contributed by atoms with E-state index in [-0.39, 0.29) is 24.3 Å². The van der Waals surface area contributed by atoms with Gasteiger partial charge in [-0.05, 0) is 42.5 Å². The quantitative estimate of drug-likeness (QED) is 0.625. The lowest BCUT2D eigenvalue weighted by Gasteiger charge is -2.29. The molecule has 1 aliphatic rings. The van der Waals surface area contributed by atoms with Crippen LogP contribution in [0.2, 0.25) is 0 Å². The minimum Gasteiger partial charge on any atom is -0.393 e. The summed E-state index contributed by atoms with van der Waals surface area (Å²) < 4.78 is 0. The van der Waals surface area contributed by atoms with E-state index in [1.165, 1.54) is 5.56 Å². The van der Waals surface area contributed by atoms with Gasteiger partial charge in [0.05, 0.1) is 6.10 Å². The van der Waals surface area contributed by atoms with Crippen LogP contribution >= 0.6 is 0 Å². The number of amides is 2. The highest BCUT2D eigenvalue weighted by atomic mass is 16.3. The van der Waals surface area contributed by atoms with Crippen molar-refractivity contribution in [2.45, 2.75) is 45.4 Å². The van der Waals surface area contributed by atoms with Crippen LogP contribution in [-0.4, -0.2) is 47.6 Å². The molecule has 30 heavy (non-hydrogen) atoms. The number of nitrogens with zero attached hydrogens (tertiary/aromatic N) is 1. The van der Waals surface area contributed by atoms with E-state index in [2.05, 4.69) is 27.7 Å². The predicted octanol–water partition coefficient (Wildman–Crippen LogP) is 2.39. The summed E-state index contributed by atoms with van der Waals surface area (Å²) in [5.74, 6) is -0.240. The first-order chi connectivity index (χ1) is 14.5. The summed E-state index contributed by atoms with van der Waals surface area (Å²) in [6, 6.07) is 15.7. The Labute approximate surface area is 178 Å². The smallest absolute Gasteiger partial charge is 0.251 e. The SMILES string of the molecule is Cc1ccccc1C(=O)NCCC(=O)NCc1ccc(CN2CCC(O)CC2)cc1. The largest absolute Gasteiger partial charge is 0.393 e. The Kier molecular flexibility index (Phi) is 7.99. The molecule has 6 heteroatoms. The first-order valence-corrected chi connectivity index (χ1v) is 10.6. The number of nitrogens with one attached hydrogen (secondary N) is 2. The summed E-state index contributed by atoms with van der Waals surface area (Å²) in [5, 5.41) is 15.3. The number of hydrogen-bond acceptors (Lipinski definition) is 4. The van der Waals surface area contributed by atoms with Gasteiger partial charge in [0.2, 0.25) is 5.91 Å². The van der Waals surface area contributed by atoms with Crippen LogP contribution in [0.4, 0.5) is 0 Å². The number of hydrogen-bond donors (Lipinski definition) is 3. The average molecular weight is 410 g/mol. The number of aliphatic hydroxyl groups excluding tert-OH is 1. The van der Waals surface area contributed by atoms with Gasteiger partial charge in [-0.15, -0.1) is 0 Å². The molecule has 0 atom stereocenters. The van der Waals surface area contributed by atoms with Crippen LogP contribution in [0.25, 0.3) is 0 Å². The molecule has 0 unspecified atom stereocenters. The molecule has 0 saturated carbocycles. The Hall–Kier alpha value is -2.70. The lowest BCUT2D eigenvalue weighted by Crippen LogP contribution is -2.35. The number of piperidine rings is 1. The second-order valence-electron chi connectivity index (χ2n) is 7.92. The normalized spacial score (nSPS) is 15.0. The van der Waals surface area contributed by atoms with E-state index < -0.39 is 0 Å². The molecule has 6 nitrogen and oxygen atoms in total. The zero-order valence-corrected chi connectivity index (χ0v) is 17.6. The third-order valence-corrected chi connectivity index (χ3v) is 5.50. The zero-order valence-electron chi connectivity index (χ0n) is 17.6. The maximum Gasteiger partial charge on any atom is 0.251 e. The fraction of sp³-hybridized carbons (Fsp3) is 0.417. The molecule has 1 saturated heterocycles. The molecule has 160 valence electrons. The summed E-state index contributed by atoms with van der Waals surface area (Å²) in [6.45, 7) is 5.42. The van der Waals surface area contributed by atoms with Crippen LogP contribution in [0.5, 0.6) is 0 Å². The summed E-state index contributed by atoms with van der Waals surface area (Å²) in [6.07, 6.45) is 1.78. The number of aliphatic hydroxyl groups is 1. The van der Waals surface area contributed by atoms with E-state index in [0.717, 1.165) is 43.6 Å². The van der Waals surface area contributed by atoms with Gasteiger partial charge in [0.15, 0.2) is 0 Å². The average Bonchev–Trinajstić information content (AvgIpc) is 2.75. The minimum absolute atomic E-state index is 0.0870. The van der Waals surface area contributed by atoms with Crippen molar-refractivity contribution >= 4 is 11.8 Å². The van der Waals surface area contributed by atoms with Crippen LogP contribution in [0.15, 0.2) is 48.5 Å². The van der Waals surface area contributed by atoms with Crippen molar-refractivity contribution in [3.63, 3.8) is 0 Å². The standard InChI is InChI=1S/C24H31N3O3/c1-18-4-2-3-5-22(18)24(30)25-13-10-23(29)26-16-19-6-8-20(9-7-19)17-27-14-11-21(28)12-15-27/h2-9,21,28H,10-17H2,1H3,(H,25,30)(H,26,29). The predicted molar refractivity (Wildman–Crippen MR) is 117 cm³/mol. The van der Waals surface area contributed by atoms with Gasteiger partial charge in [0.1, 0.15) is 0 Å². The van der Waals surface area contributed by atoms with Gasteiger partial charge >= 0.3 is 0 Å². The molecule has 1 fully saturated rings. The molecule has 0 aromatic heterocycles. The van der Waals surface area contributed by atoms with Crippen molar-refractivity contribution in [2.75, 3.05) is 19.6 Å². The second-order valence-corrected chi connectivity index (χ2v) is 7.92. The monoisotopic (exact) mass is 409 g/mol. The van der Waals surface area contributed by atoms with Crippen LogP contribution in [-0.2, 0) is 17.9 Å². The number of benzene rings is 2. The van der Waals surface area contributed by atoms with Gasteiger partial charge < -0.3 is 15.7 Å². The van der Waals surface area contributed by atoms with Gasteiger partial charge in [-0.1, -0.05) is 42.5 Å². The molecule has 0 radical (unpaired) electrons. The number of aryl methyl sites for hydroxylation is 1. The highest BCUT2D eigenvalue weighted by Gasteiger charge is 2.16. The first-order valence-electron chi connectivity index (χ1n) is 10.6. The van der Waals surface area contributed by atoms with E-state index in [1.807, 2.05) is 37.3 Å². The number of carbonyl (C=O) groups is 2.